The van der Waals surface area contributed by atoms with Crippen molar-refractivity contribution < 1.29 is 37.0 Å². The van der Waals surface area contributed by atoms with Crippen LogP contribution in [0.4, 0.5) is 35.2 Å². The fourth-order valence-electron chi connectivity index (χ4n) is 7.88. The summed E-state index contributed by atoms with van der Waals surface area (Å²) in [5.41, 5.74) is 1.15. The van der Waals surface area contributed by atoms with Crippen LogP contribution in [0.5, 0.6) is 11.5 Å². The van der Waals surface area contributed by atoms with Crippen LogP contribution < -0.4 is 29.9 Å². The normalized spacial score (nSPS) is 19.7. The number of hydrogen-bond acceptors (Lipinski definition) is 11. The van der Waals surface area contributed by atoms with Crippen LogP contribution >= 0.6 is 11.3 Å². The number of imidazole rings is 1. The van der Waals surface area contributed by atoms with Crippen LogP contribution in [0.15, 0.2) is 48.8 Å². The maximum absolute atomic E-state index is 13.2. The summed E-state index contributed by atoms with van der Waals surface area (Å²) in [6.07, 6.45) is 3.30. The topological polar surface area (TPSA) is 147 Å². The lowest BCUT2D eigenvalue weighted by Crippen LogP contribution is -2.50. The number of piperazine rings is 1. The summed E-state index contributed by atoms with van der Waals surface area (Å²) < 4.78 is 53.5. The van der Waals surface area contributed by atoms with E-state index in [2.05, 4.69) is 30.4 Å². The van der Waals surface area contributed by atoms with Gasteiger partial charge in [0.25, 0.3) is 5.91 Å². The van der Waals surface area contributed by atoms with E-state index >= 15 is 0 Å². The molecule has 1 saturated carbocycles. The highest BCUT2D eigenvalue weighted by Crippen LogP contribution is 2.42. The number of imide groups is 1. The second kappa shape index (κ2) is 15.2. The standard InChI is InChI=1S/C38H40F3N9O5S/c1-54-28-18-26-29(19-25(28)44-35(52)24-4-3-5-30(43-24)38(39,40)41)56-36(45-26)23-8-6-22(7-9-23)21-47-14-16-48(17-15-47)27-10-12-49-32(20-42-34(49)33(27)55-2)50-13-11-31(51)46-37(50)53/h3-5,10,12,18-20,22-23H,6-9,11,13-17,21H2,1-2H3,(H,44,52)(H,46,51,53). The SMILES string of the molecule is COc1cc2nc(C3CCC(CN4CCN(c5ccn6c(N7CCC(=O)NC7=O)cnc6c5OC)CC4)CC3)sc2cc1NC(=O)c1cccc(C(F)(F)F)n1. The molecule has 2 N–H and O–H groups in total. The highest BCUT2D eigenvalue weighted by Gasteiger charge is 2.34. The van der Waals surface area contributed by atoms with Crippen LogP contribution in [-0.4, -0.2) is 95.6 Å². The molecule has 4 aromatic heterocycles. The predicted octanol–water partition coefficient (Wildman–Crippen LogP) is 6.17. The number of anilines is 3. The van der Waals surface area contributed by atoms with E-state index in [0.29, 0.717) is 40.5 Å². The van der Waals surface area contributed by atoms with Crippen molar-refractivity contribution in [3.05, 3.63) is 65.2 Å². The van der Waals surface area contributed by atoms with Gasteiger partial charge in [0.15, 0.2) is 11.4 Å². The Balaban J connectivity index is 0.861. The third-order valence-corrected chi connectivity index (χ3v) is 12.0. The molecule has 8 rings (SSSR count). The summed E-state index contributed by atoms with van der Waals surface area (Å²) in [5, 5.41) is 6.06. The minimum Gasteiger partial charge on any atom is -0.494 e. The number of urea groups is 1. The van der Waals surface area contributed by atoms with E-state index in [-0.39, 0.29) is 24.6 Å². The van der Waals surface area contributed by atoms with Crippen molar-refractivity contribution in [3.8, 4) is 11.5 Å². The van der Waals surface area contributed by atoms with Crippen molar-refractivity contribution in [2.75, 3.05) is 68.6 Å². The predicted molar refractivity (Wildman–Crippen MR) is 204 cm³/mol. The van der Waals surface area contributed by atoms with Crippen LogP contribution in [0.1, 0.15) is 59.2 Å². The van der Waals surface area contributed by atoms with Crippen molar-refractivity contribution >= 4 is 62.2 Å². The second-order valence-electron chi connectivity index (χ2n) is 14.2. The van der Waals surface area contributed by atoms with Gasteiger partial charge in [-0.15, -0.1) is 11.3 Å². The van der Waals surface area contributed by atoms with E-state index in [4.69, 9.17) is 14.5 Å². The van der Waals surface area contributed by atoms with Gasteiger partial charge in [-0.2, -0.15) is 13.2 Å². The average Bonchev–Trinajstić information content (AvgIpc) is 3.82. The molecule has 5 aromatic rings. The van der Waals surface area contributed by atoms with Crippen LogP contribution in [0.3, 0.4) is 0 Å². The number of halogens is 3. The zero-order valence-corrected chi connectivity index (χ0v) is 31.6. The number of methoxy groups -OCH3 is 2. The van der Waals surface area contributed by atoms with Gasteiger partial charge >= 0.3 is 12.2 Å². The number of aromatic nitrogens is 4. The summed E-state index contributed by atoms with van der Waals surface area (Å²) in [5.74, 6) is 1.41. The molecule has 3 fully saturated rings. The first-order valence-electron chi connectivity index (χ1n) is 18.5. The van der Waals surface area contributed by atoms with Crippen molar-refractivity contribution in [3.63, 3.8) is 0 Å². The Labute approximate surface area is 323 Å². The fraction of sp³-hybridized carbons (Fsp3) is 0.421. The van der Waals surface area contributed by atoms with E-state index < -0.39 is 23.8 Å². The molecule has 1 aliphatic carbocycles. The number of hydrogen-bond donors (Lipinski definition) is 2. The molecule has 2 aliphatic heterocycles. The highest BCUT2D eigenvalue weighted by atomic mass is 32.1. The number of carbonyl (C=O) groups excluding carboxylic acids is 3. The molecular weight excluding hydrogens is 752 g/mol. The molecule has 6 heterocycles. The van der Waals surface area contributed by atoms with Gasteiger partial charge in [0.2, 0.25) is 5.91 Å². The molecule has 3 aliphatic rings. The van der Waals surface area contributed by atoms with E-state index in [9.17, 15) is 27.6 Å². The molecule has 0 atom stereocenters. The third-order valence-electron chi connectivity index (χ3n) is 10.8. The van der Waals surface area contributed by atoms with Gasteiger partial charge in [-0.05, 0) is 55.9 Å². The van der Waals surface area contributed by atoms with Crippen molar-refractivity contribution in [2.45, 2.75) is 44.2 Å². The molecule has 1 aromatic carbocycles. The monoisotopic (exact) mass is 791 g/mol. The Morgan fingerprint density at radius 2 is 1.79 bits per heavy atom. The summed E-state index contributed by atoms with van der Waals surface area (Å²) >= 11 is 1.57. The molecule has 0 radical (unpaired) electrons. The maximum Gasteiger partial charge on any atom is 0.433 e. The number of nitrogens with one attached hydrogen (secondary N) is 2. The van der Waals surface area contributed by atoms with E-state index in [0.717, 1.165) is 91.5 Å². The minimum absolute atomic E-state index is 0.225. The first kappa shape index (κ1) is 37.4. The Bertz CT molecular complexity index is 2300. The first-order chi connectivity index (χ1) is 27.0. The zero-order chi connectivity index (χ0) is 39.1. The Kier molecular flexibility index (Phi) is 10.2. The fourth-order valence-corrected chi connectivity index (χ4v) is 9.03. The number of carbonyl (C=O) groups is 3. The van der Waals surface area contributed by atoms with Crippen LogP contribution in [0.2, 0.25) is 0 Å². The molecule has 4 amide bonds. The summed E-state index contributed by atoms with van der Waals surface area (Å²) in [6.45, 7) is 4.81. The molecule has 2 saturated heterocycles. The first-order valence-corrected chi connectivity index (χ1v) is 19.3. The van der Waals surface area contributed by atoms with Crippen LogP contribution in [0, 0.1) is 5.92 Å². The lowest BCUT2D eigenvalue weighted by Gasteiger charge is -2.39. The number of thiazole rings is 1. The molecule has 0 unspecified atom stereocenters. The summed E-state index contributed by atoms with van der Waals surface area (Å²) in [7, 11) is 3.09. The molecule has 56 heavy (non-hydrogen) atoms. The Hall–Kier alpha value is -5.49. The smallest absolute Gasteiger partial charge is 0.433 e. The van der Waals surface area contributed by atoms with Gasteiger partial charge < -0.3 is 19.7 Å². The quantitative estimate of drug-likeness (QED) is 0.178. The Morgan fingerprint density at radius 3 is 2.50 bits per heavy atom. The number of benzene rings is 1. The number of nitrogens with zero attached hydrogens (tertiary/aromatic N) is 7. The van der Waals surface area contributed by atoms with E-state index in [1.807, 2.05) is 16.7 Å². The third kappa shape index (κ3) is 7.42. The summed E-state index contributed by atoms with van der Waals surface area (Å²) in [4.78, 5) is 56.4. The number of ether oxygens (including phenoxy) is 2. The van der Waals surface area contributed by atoms with E-state index in [1.165, 1.54) is 18.1 Å². The minimum atomic E-state index is -4.66. The maximum atomic E-state index is 13.2. The lowest BCUT2D eigenvalue weighted by atomic mass is 9.82. The number of rotatable bonds is 9. The van der Waals surface area contributed by atoms with Gasteiger partial charge in [0.05, 0.1) is 47.0 Å². The van der Waals surface area contributed by atoms with E-state index in [1.54, 1.807) is 36.8 Å². The number of pyridine rings is 2. The number of amides is 4. The molecular formula is C38H40F3N9O5S. The van der Waals surface area contributed by atoms with Gasteiger partial charge in [0.1, 0.15) is 23.0 Å². The lowest BCUT2D eigenvalue weighted by molar-refractivity contribution is -0.141. The number of alkyl halides is 3. The largest absolute Gasteiger partial charge is 0.494 e. The Morgan fingerprint density at radius 1 is 1.00 bits per heavy atom. The van der Waals surface area contributed by atoms with Gasteiger partial charge in [-0.3, -0.25) is 29.1 Å². The van der Waals surface area contributed by atoms with Crippen molar-refractivity contribution in [1.29, 1.82) is 0 Å². The molecule has 294 valence electrons. The van der Waals surface area contributed by atoms with Gasteiger partial charge in [-0.1, -0.05) is 6.07 Å². The molecule has 14 nitrogen and oxygen atoms in total. The van der Waals surface area contributed by atoms with Crippen molar-refractivity contribution in [1.82, 2.24) is 29.6 Å². The highest BCUT2D eigenvalue weighted by molar-refractivity contribution is 7.18. The molecule has 0 bridgehead atoms. The van der Waals surface area contributed by atoms with Crippen LogP contribution in [0.25, 0.3) is 15.9 Å². The van der Waals surface area contributed by atoms with Gasteiger partial charge in [-0.25, -0.2) is 19.7 Å². The average molecular weight is 792 g/mol. The van der Waals surface area contributed by atoms with Crippen molar-refractivity contribution in [2.24, 2.45) is 5.92 Å². The second-order valence-corrected chi connectivity index (χ2v) is 15.3. The number of fused-ring (bicyclic) bond motifs is 2. The summed E-state index contributed by atoms with van der Waals surface area (Å²) in [6, 6.07) is 8.24. The van der Waals surface area contributed by atoms with Crippen LogP contribution in [-0.2, 0) is 11.0 Å². The zero-order valence-electron chi connectivity index (χ0n) is 30.8. The van der Waals surface area contributed by atoms with Gasteiger partial charge in [0, 0.05) is 63.9 Å². The molecule has 18 heteroatoms. The molecule has 0 spiro atoms.